The van der Waals surface area contributed by atoms with E-state index in [1.54, 1.807) is 0 Å². The number of piperidine rings is 1. The minimum Gasteiger partial charge on any atom is -0.507 e. The number of hydrogen-bond donors (Lipinski definition) is 2. The monoisotopic (exact) mass is 294 g/mol. The van der Waals surface area contributed by atoms with Crippen molar-refractivity contribution in [3.05, 3.63) is 29.1 Å². The third kappa shape index (κ3) is 4.02. The molecule has 0 radical (unpaired) electrons. The van der Waals surface area contributed by atoms with Crippen molar-refractivity contribution in [2.75, 3.05) is 26.7 Å². The number of rotatable bonds is 5. The van der Waals surface area contributed by atoms with Gasteiger partial charge in [-0.1, -0.05) is 0 Å². The van der Waals surface area contributed by atoms with Crippen LogP contribution in [0.3, 0.4) is 0 Å². The zero-order valence-corrected chi connectivity index (χ0v) is 12.7. The summed E-state index contributed by atoms with van der Waals surface area (Å²) >= 11 is 0. The Morgan fingerprint density at radius 3 is 2.95 bits per heavy atom. The molecule has 0 spiro atoms. The number of ketones is 1. The van der Waals surface area contributed by atoms with Crippen LogP contribution in [-0.2, 0) is 6.54 Å². The average molecular weight is 294 g/mol. The molecule has 1 aromatic carbocycles. The highest BCUT2D eigenvalue weighted by molar-refractivity contribution is 5.97. The Morgan fingerprint density at radius 1 is 1.52 bits per heavy atom. The highest BCUT2D eigenvalue weighted by Crippen LogP contribution is 2.27. The molecule has 1 aromatic rings. The summed E-state index contributed by atoms with van der Waals surface area (Å²) in [6.45, 7) is 4.63. The first kappa shape index (κ1) is 15.9. The van der Waals surface area contributed by atoms with Crippen molar-refractivity contribution < 1.29 is 14.3 Å². The molecule has 1 aliphatic rings. The first-order chi connectivity index (χ1) is 10.0. The molecular formula is C16H23FN2O2. The average Bonchev–Trinajstić information content (AvgIpc) is 2.43. The number of phenolic OH excluding ortho intramolecular Hbond substituents is 1. The van der Waals surface area contributed by atoms with E-state index in [1.165, 1.54) is 19.4 Å². The van der Waals surface area contributed by atoms with Gasteiger partial charge in [0.1, 0.15) is 11.6 Å². The van der Waals surface area contributed by atoms with Crippen molar-refractivity contribution in [1.29, 1.82) is 0 Å². The molecule has 1 unspecified atom stereocenters. The lowest BCUT2D eigenvalue weighted by Gasteiger charge is -2.32. The van der Waals surface area contributed by atoms with Crippen LogP contribution in [0.2, 0.25) is 0 Å². The van der Waals surface area contributed by atoms with Crippen LogP contribution in [0.1, 0.15) is 35.7 Å². The molecule has 21 heavy (non-hydrogen) atoms. The van der Waals surface area contributed by atoms with Gasteiger partial charge in [-0.2, -0.15) is 0 Å². The summed E-state index contributed by atoms with van der Waals surface area (Å²) in [6.07, 6.45) is 2.28. The number of phenols is 1. The molecule has 5 heteroatoms. The Hall–Kier alpha value is -1.46. The molecule has 0 saturated carbocycles. The summed E-state index contributed by atoms with van der Waals surface area (Å²) < 4.78 is 13.6. The lowest BCUT2D eigenvalue weighted by atomic mass is 9.97. The lowest BCUT2D eigenvalue weighted by Crippen LogP contribution is -2.38. The summed E-state index contributed by atoms with van der Waals surface area (Å²) in [6, 6.07) is 2.42. The van der Waals surface area contributed by atoms with Crippen LogP contribution in [-0.4, -0.2) is 42.5 Å². The van der Waals surface area contributed by atoms with E-state index in [0.29, 0.717) is 18.0 Å². The van der Waals surface area contributed by atoms with E-state index >= 15 is 0 Å². The Labute approximate surface area is 125 Å². The lowest BCUT2D eigenvalue weighted by molar-refractivity contribution is 0.101. The molecule has 1 aliphatic heterocycles. The molecule has 0 bridgehead atoms. The number of Topliss-reactive ketones (excluding diaryl/α,β-unsaturated/α-hetero) is 1. The van der Waals surface area contributed by atoms with E-state index in [4.69, 9.17) is 0 Å². The van der Waals surface area contributed by atoms with Gasteiger partial charge in [0.2, 0.25) is 0 Å². The molecule has 1 fully saturated rings. The van der Waals surface area contributed by atoms with Crippen molar-refractivity contribution in [3.63, 3.8) is 0 Å². The fourth-order valence-electron chi connectivity index (χ4n) is 3.04. The summed E-state index contributed by atoms with van der Waals surface area (Å²) in [5.74, 6) is -0.303. The van der Waals surface area contributed by atoms with Gasteiger partial charge in [0.15, 0.2) is 5.78 Å². The molecule has 1 saturated heterocycles. The quantitative estimate of drug-likeness (QED) is 0.817. The molecule has 0 aliphatic carbocycles. The van der Waals surface area contributed by atoms with Crippen molar-refractivity contribution in [1.82, 2.24) is 10.2 Å². The van der Waals surface area contributed by atoms with Crippen LogP contribution in [0.15, 0.2) is 12.1 Å². The van der Waals surface area contributed by atoms with E-state index < -0.39 is 5.82 Å². The summed E-state index contributed by atoms with van der Waals surface area (Å²) in [4.78, 5) is 13.7. The van der Waals surface area contributed by atoms with Crippen LogP contribution < -0.4 is 5.32 Å². The normalized spacial score (nSPS) is 19.7. The molecule has 0 aromatic heterocycles. The number of nitrogens with zero attached hydrogens (tertiary/aromatic N) is 1. The second-order valence-electron chi connectivity index (χ2n) is 5.82. The third-order valence-corrected chi connectivity index (χ3v) is 4.02. The highest BCUT2D eigenvalue weighted by Gasteiger charge is 2.21. The maximum absolute atomic E-state index is 13.6. The number of benzene rings is 1. The van der Waals surface area contributed by atoms with Gasteiger partial charge in [0, 0.05) is 18.7 Å². The topological polar surface area (TPSA) is 52.6 Å². The maximum atomic E-state index is 13.6. The molecule has 116 valence electrons. The molecule has 2 rings (SSSR count). The van der Waals surface area contributed by atoms with E-state index in [2.05, 4.69) is 10.2 Å². The Kier molecular flexibility index (Phi) is 5.31. The molecule has 1 heterocycles. The number of carbonyl (C=O) groups is 1. The number of carbonyl (C=O) groups excluding carboxylic acids is 1. The van der Waals surface area contributed by atoms with Crippen molar-refractivity contribution in [2.45, 2.75) is 26.3 Å². The molecular weight excluding hydrogens is 271 g/mol. The third-order valence-electron chi connectivity index (χ3n) is 4.02. The number of aromatic hydroxyl groups is 1. The van der Waals surface area contributed by atoms with Crippen molar-refractivity contribution in [2.24, 2.45) is 5.92 Å². The molecule has 4 nitrogen and oxygen atoms in total. The van der Waals surface area contributed by atoms with Crippen LogP contribution in [0.5, 0.6) is 5.75 Å². The summed E-state index contributed by atoms with van der Waals surface area (Å²) in [5, 5.41) is 13.3. The van der Waals surface area contributed by atoms with Gasteiger partial charge in [0.25, 0.3) is 0 Å². The van der Waals surface area contributed by atoms with Gasteiger partial charge in [-0.05, 0) is 58.0 Å². The standard InChI is InChI=1S/C16H23FN2O2/c1-11(20)15-7-14(17)6-13(16(15)21)10-19-5-3-4-12(9-19)8-18-2/h6-7,12,18,21H,3-5,8-10H2,1-2H3. The minimum absolute atomic E-state index is 0.0637. The predicted molar refractivity (Wildman–Crippen MR) is 80.0 cm³/mol. The summed E-state index contributed by atoms with van der Waals surface area (Å²) in [7, 11) is 1.94. The van der Waals surface area contributed by atoms with Gasteiger partial charge < -0.3 is 10.4 Å². The van der Waals surface area contributed by atoms with Crippen LogP contribution in [0.4, 0.5) is 4.39 Å². The van der Waals surface area contributed by atoms with Crippen LogP contribution in [0.25, 0.3) is 0 Å². The fraction of sp³-hybridized carbons (Fsp3) is 0.562. The van der Waals surface area contributed by atoms with Crippen molar-refractivity contribution in [3.8, 4) is 5.75 Å². The predicted octanol–water partition coefficient (Wildman–Crippen LogP) is 2.17. The number of nitrogens with one attached hydrogen (secondary N) is 1. The molecule has 2 N–H and O–H groups in total. The second-order valence-corrected chi connectivity index (χ2v) is 5.82. The first-order valence-electron chi connectivity index (χ1n) is 7.40. The highest BCUT2D eigenvalue weighted by atomic mass is 19.1. The smallest absolute Gasteiger partial charge is 0.163 e. The fourth-order valence-corrected chi connectivity index (χ4v) is 3.04. The largest absolute Gasteiger partial charge is 0.507 e. The Balaban J connectivity index is 2.13. The molecule has 1 atom stereocenters. The maximum Gasteiger partial charge on any atom is 0.163 e. The zero-order valence-electron chi connectivity index (χ0n) is 12.7. The Bertz CT molecular complexity index is 517. The van der Waals surface area contributed by atoms with Crippen molar-refractivity contribution >= 4 is 5.78 Å². The second kappa shape index (κ2) is 7.00. The van der Waals surface area contributed by atoms with Crippen LogP contribution >= 0.6 is 0 Å². The number of hydrogen-bond acceptors (Lipinski definition) is 4. The number of likely N-dealkylation sites (tertiary alicyclic amines) is 1. The summed E-state index contributed by atoms with van der Waals surface area (Å²) in [5.41, 5.74) is 0.555. The Morgan fingerprint density at radius 2 is 2.29 bits per heavy atom. The van der Waals surface area contributed by atoms with E-state index in [0.717, 1.165) is 32.1 Å². The zero-order chi connectivity index (χ0) is 15.4. The van der Waals surface area contributed by atoms with Gasteiger partial charge in [-0.3, -0.25) is 9.69 Å². The molecule has 0 amide bonds. The van der Waals surface area contributed by atoms with Gasteiger partial charge in [-0.15, -0.1) is 0 Å². The van der Waals surface area contributed by atoms with E-state index in [-0.39, 0.29) is 17.1 Å². The van der Waals surface area contributed by atoms with Gasteiger partial charge >= 0.3 is 0 Å². The van der Waals surface area contributed by atoms with Gasteiger partial charge in [0.05, 0.1) is 5.56 Å². The van der Waals surface area contributed by atoms with Gasteiger partial charge in [-0.25, -0.2) is 4.39 Å². The minimum atomic E-state index is -0.475. The first-order valence-corrected chi connectivity index (χ1v) is 7.40. The SMILES string of the molecule is CNCC1CCCN(Cc2cc(F)cc(C(C)=O)c2O)C1. The number of halogens is 1. The van der Waals surface area contributed by atoms with E-state index in [9.17, 15) is 14.3 Å². The van der Waals surface area contributed by atoms with E-state index in [1.807, 2.05) is 7.05 Å². The van der Waals surface area contributed by atoms with Crippen LogP contribution in [0, 0.1) is 11.7 Å².